The molecule has 0 radical (unpaired) electrons. The van der Waals surface area contributed by atoms with Gasteiger partial charge in [-0.25, -0.2) is 0 Å². The molecule has 4 heteroatoms. The van der Waals surface area contributed by atoms with Gasteiger partial charge in [0.25, 0.3) is 5.91 Å². The molecule has 0 bridgehead atoms. The van der Waals surface area contributed by atoms with Gasteiger partial charge in [-0.15, -0.1) is 11.3 Å². The van der Waals surface area contributed by atoms with Gasteiger partial charge in [0.15, 0.2) is 0 Å². The molecular formula is C15H22N2OS. The summed E-state index contributed by atoms with van der Waals surface area (Å²) >= 11 is 1.71. The van der Waals surface area contributed by atoms with Crippen LogP contribution in [0.3, 0.4) is 0 Å². The molecule has 3 rings (SSSR count). The van der Waals surface area contributed by atoms with Crippen LogP contribution < -0.4 is 5.32 Å². The van der Waals surface area contributed by atoms with E-state index in [4.69, 9.17) is 0 Å². The Kier molecular flexibility index (Phi) is 3.63. The molecule has 104 valence electrons. The van der Waals surface area contributed by atoms with Gasteiger partial charge in [-0.3, -0.25) is 9.69 Å². The second-order valence-corrected chi connectivity index (χ2v) is 7.26. The van der Waals surface area contributed by atoms with Crippen LogP contribution in [0, 0.1) is 13.8 Å². The van der Waals surface area contributed by atoms with Gasteiger partial charge in [-0.1, -0.05) is 6.42 Å². The number of fused-ring (bicyclic) bond motifs is 1. The van der Waals surface area contributed by atoms with E-state index < -0.39 is 0 Å². The van der Waals surface area contributed by atoms with Gasteiger partial charge >= 0.3 is 0 Å². The molecule has 3 nitrogen and oxygen atoms in total. The van der Waals surface area contributed by atoms with E-state index >= 15 is 0 Å². The average molecular weight is 278 g/mol. The molecule has 1 aromatic heterocycles. The van der Waals surface area contributed by atoms with Crippen molar-refractivity contribution in [1.82, 2.24) is 10.2 Å². The third kappa shape index (κ3) is 2.56. The normalized spacial score (nSPS) is 27.3. The van der Waals surface area contributed by atoms with Crippen molar-refractivity contribution in [2.45, 2.75) is 51.6 Å². The molecule has 2 fully saturated rings. The monoisotopic (exact) mass is 278 g/mol. The van der Waals surface area contributed by atoms with E-state index in [2.05, 4.69) is 17.1 Å². The third-order valence-corrected chi connectivity index (χ3v) is 5.42. The van der Waals surface area contributed by atoms with E-state index in [0.717, 1.165) is 23.4 Å². The number of piperidine rings is 1. The van der Waals surface area contributed by atoms with E-state index in [1.807, 2.05) is 13.0 Å². The summed E-state index contributed by atoms with van der Waals surface area (Å²) in [5.74, 6) is 0.124. The Labute approximate surface area is 119 Å². The number of hydrogen-bond acceptors (Lipinski definition) is 3. The van der Waals surface area contributed by atoms with Crippen molar-refractivity contribution in [3.63, 3.8) is 0 Å². The van der Waals surface area contributed by atoms with Crippen molar-refractivity contribution in [1.29, 1.82) is 0 Å². The Hall–Kier alpha value is -0.870. The van der Waals surface area contributed by atoms with Crippen molar-refractivity contribution in [2.75, 3.05) is 13.1 Å². The van der Waals surface area contributed by atoms with Crippen LogP contribution in [0.25, 0.3) is 0 Å². The lowest BCUT2D eigenvalue weighted by molar-refractivity contribution is 0.0915. The van der Waals surface area contributed by atoms with Crippen LogP contribution in [0.1, 0.15) is 45.8 Å². The van der Waals surface area contributed by atoms with Gasteiger partial charge in [0.2, 0.25) is 0 Å². The van der Waals surface area contributed by atoms with Crippen molar-refractivity contribution in [3.8, 4) is 0 Å². The number of amides is 1. The summed E-state index contributed by atoms with van der Waals surface area (Å²) in [6.45, 7) is 6.46. The van der Waals surface area contributed by atoms with Crippen LogP contribution in [-0.4, -0.2) is 36.0 Å². The van der Waals surface area contributed by atoms with Gasteiger partial charge in [0.05, 0.1) is 5.56 Å². The topological polar surface area (TPSA) is 32.3 Å². The van der Waals surface area contributed by atoms with Gasteiger partial charge < -0.3 is 5.32 Å². The molecule has 2 atom stereocenters. The number of thiophene rings is 1. The Morgan fingerprint density at radius 3 is 2.89 bits per heavy atom. The lowest BCUT2D eigenvalue weighted by atomic mass is 9.99. The molecule has 1 aromatic rings. The molecule has 0 unspecified atom stereocenters. The Morgan fingerprint density at radius 1 is 1.32 bits per heavy atom. The highest BCUT2D eigenvalue weighted by molar-refractivity contribution is 7.12. The van der Waals surface area contributed by atoms with Crippen LogP contribution in [0.5, 0.6) is 0 Å². The van der Waals surface area contributed by atoms with E-state index in [9.17, 15) is 4.79 Å². The van der Waals surface area contributed by atoms with E-state index in [1.165, 1.54) is 30.7 Å². The minimum absolute atomic E-state index is 0.124. The number of carbonyl (C=O) groups excluding carboxylic acids is 1. The number of nitrogens with one attached hydrogen (secondary N) is 1. The summed E-state index contributed by atoms with van der Waals surface area (Å²) in [5, 5.41) is 3.27. The first-order valence-corrected chi connectivity index (χ1v) is 8.09. The van der Waals surface area contributed by atoms with Crippen molar-refractivity contribution in [3.05, 3.63) is 21.4 Å². The molecule has 2 aliphatic rings. The van der Waals surface area contributed by atoms with Crippen LogP contribution >= 0.6 is 11.3 Å². The van der Waals surface area contributed by atoms with Crippen molar-refractivity contribution < 1.29 is 4.79 Å². The highest BCUT2D eigenvalue weighted by Gasteiger charge is 2.36. The number of aryl methyl sites for hydroxylation is 2. The maximum Gasteiger partial charge on any atom is 0.252 e. The lowest BCUT2D eigenvalue weighted by Crippen LogP contribution is -2.46. The number of rotatable bonds is 2. The standard InChI is InChI=1S/C15H22N2OS/c1-10-9-12(11(2)19-10)15(18)16-13-6-8-17-7-4-3-5-14(13)17/h9,13-14H,3-8H2,1-2H3,(H,16,18)/t13-,14+/m1/s1. The molecule has 2 saturated heterocycles. The lowest BCUT2D eigenvalue weighted by Gasteiger charge is -2.32. The van der Waals surface area contributed by atoms with Crippen LogP contribution in [0.4, 0.5) is 0 Å². The number of nitrogens with zero attached hydrogens (tertiary/aromatic N) is 1. The number of hydrogen-bond donors (Lipinski definition) is 1. The summed E-state index contributed by atoms with van der Waals surface area (Å²) in [5.41, 5.74) is 0.872. The van der Waals surface area contributed by atoms with Gasteiger partial charge in [0, 0.05) is 28.4 Å². The fourth-order valence-corrected chi connectivity index (χ4v) is 4.44. The molecule has 3 heterocycles. The number of carbonyl (C=O) groups is 1. The van der Waals surface area contributed by atoms with Gasteiger partial charge in [-0.05, 0) is 45.7 Å². The van der Waals surface area contributed by atoms with Crippen LogP contribution in [0.2, 0.25) is 0 Å². The molecule has 1 amide bonds. The zero-order valence-corrected chi connectivity index (χ0v) is 12.6. The first-order chi connectivity index (χ1) is 9.15. The first kappa shape index (κ1) is 13.1. The SMILES string of the molecule is Cc1cc(C(=O)N[C@@H]2CCN3CCCC[C@@H]23)c(C)s1. The van der Waals surface area contributed by atoms with E-state index in [0.29, 0.717) is 12.1 Å². The minimum atomic E-state index is 0.124. The quantitative estimate of drug-likeness (QED) is 0.902. The van der Waals surface area contributed by atoms with Crippen molar-refractivity contribution in [2.24, 2.45) is 0 Å². The summed E-state index contributed by atoms with van der Waals surface area (Å²) in [4.78, 5) is 17.3. The van der Waals surface area contributed by atoms with Gasteiger partial charge in [0.1, 0.15) is 0 Å². The van der Waals surface area contributed by atoms with Crippen molar-refractivity contribution >= 4 is 17.2 Å². The predicted octanol–water partition coefficient (Wildman–Crippen LogP) is 2.72. The maximum atomic E-state index is 12.4. The second-order valence-electron chi connectivity index (χ2n) is 5.79. The largest absolute Gasteiger partial charge is 0.348 e. The zero-order valence-electron chi connectivity index (χ0n) is 11.7. The second kappa shape index (κ2) is 5.25. The minimum Gasteiger partial charge on any atom is -0.348 e. The molecule has 1 N–H and O–H groups in total. The Bertz CT molecular complexity index is 482. The molecule has 2 aliphatic heterocycles. The van der Waals surface area contributed by atoms with E-state index in [1.54, 1.807) is 11.3 Å². The molecular weight excluding hydrogens is 256 g/mol. The molecule has 19 heavy (non-hydrogen) atoms. The summed E-state index contributed by atoms with van der Waals surface area (Å²) in [6, 6.07) is 2.95. The fourth-order valence-electron chi connectivity index (χ4n) is 3.52. The predicted molar refractivity (Wildman–Crippen MR) is 78.9 cm³/mol. The van der Waals surface area contributed by atoms with E-state index in [-0.39, 0.29) is 5.91 Å². The molecule has 0 aromatic carbocycles. The average Bonchev–Trinajstić information content (AvgIpc) is 2.94. The van der Waals surface area contributed by atoms with Crippen LogP contribution in [0.15, 0.2) is 6.07 Å². The Balaban J connectivity index is 1.68. The maximum absolute atomic E-state index is 12.4. The molecule has 0 aliphatic carbocycles. The first-order valence-electron chi connectivity index (χ1n) is 7.27. The summed E-state index contributed by atoms with van der Waals surface area (Å²) in [7, 11) is 0. The molecule has 0 saturated carbocycles. The summed E-state index contributed by atoms with van der Waals surface area (Å²) < 4.78 is 0. The van der Waals surface area contributed by atoms with Gasteiger partial charge in [-0.2, -0.15) is 0 Å². The highest BCUT2D eigenvalue weighted by atomic mass is 32.1. The summed E-state index contributed by atoms with van der Waals surface area (Å²) in [6.07, 6.45) is 4.98. The fraction of sp³-hybridized carbons (Fsp3) is 0.667. The Morgan fingerprint density at radius 2 is 2.16 bits per heavy atom. The van der Waals surface area contributed by atoms with Crippen LogP contribution in [-0.2, 0) is 0 Å². The highest BCUT2D eigenvalue weighted by Crippen LogP contribution is 2.28. The smallest absolute Gasteiger partial charge is 0.252 e. The molecule has 0 spiro atoms. The zero-order chi connectivity index (χ0) is 13.4. The third-order valence-electron chi connectivity index (χ3n) is 4.46.